The molecular weight excluding hydrogens is 236 g/mol. The zero-order chi connectivity index (χ0) is 13.0. The predicted molar refractivity (Wildman–Crippen MR) is 61.6 cm³/mol. The van der Waals surface area contributed by atoms with Gasteiger partial charge in [-0.1, -0.05) is 0 Å². The average Bonchev–Trinajstić information content (AvgIpc) is 2.88. The normalized spacial score (nSPS) is 9.72. The Morgan fingerprint density at radius 3 is 2.94 bits per heavy atom. The minimum atomic E-state index is -0.637. The third kappa shape index (κ3) is 2.44. The fourth-order valence-electron chi connectivity index (χ4n) is 1.37. The smallest absolute Gasteiger partial charge is 0.305 e. The molecule has 2 rings (SSSR count). The van der Waals surface area contributed by atoms with Crippen molar-refractivity contribution in [2.45, 2.75) is 6.54 Å². The molecule has 0 amide bonds. The van der Waals surface area contributed by atoms with Crippen LogP contribution in [0.4, 0.5) is 11.5 Å². The Morgan fingerprint density at radius 2 is 2.33 bits per heavy atom. The summed E-state index contributed by atoms with van der Waals surface area (Å²) in [5.74, 6) is 1.09. The van der Waals surface area contributed by atoms with Crippen LogP contribution in [0.15, 0.2) is 34.9 Å². The summed E-state index contributed by atoms with van der Waals surface area (Å²) in [6.07, 6.45) is 1.54. The maximum Gasteiger partial charge on any atom is 0.305 e. The van der Waals surface area contributed by atoms with Gasteiger partial charge in [-0.3, -0.25) is 10.1 Å². The van der Waals surface area contributed by atoms with Gasteiger partial charge in [0.15, 0.2) is 0 Å². The highest BCUT2D eigenvalue weighted by atomic mass is 16.6. The summed E-state index contributed by atoms with van der Waals surface area (Å²) in [4.78, 5) is 13.8. The molecule has 0 aliphatic rings. The molecule has 2 aromatic rings. The van der Waals surface area contributed by atoms with Crippen molar-refractivity contribution in [1.82, 2.24) is 4.98 Å². The largest absolute Gasteiger partial charge is 0.467 e. The number of nitrogens with one attached hydrogen (secondary N) is 1. The van der Waals surface area contributed by atoms with Crippen LogP contribution in [0.3, 0.4) is 0 Å². The summed E-state index contributed by atoms with van der Waals surface area (Å²) < 4.78 is 5.11. The van der Waals surface area contributed by atoms with Crippen LogP contribution in [-0.4, -0.2) is 9.91 Å². The molecule has 0 aliphatic carbocycles. The van der Waals surface area contributed by atoms with Gasteiger partial charge in [-0.15, -0.1) is 0 Å². The van der Waals surface area contributed by atoms with Crippen molar-refractivity contribution in [3.63, 3.8) is 0 Å². The Balaban J connectivity index is 2.15. The number of nitriles is 1. The molecule has 0 aliphatic heterocycles. The van der Waals surface area contributed by atoms with Crippen molar-refractivity contribution in [3.8, 4) is 6.07 Å². The lowest BCUT2D eigenvalue weighted by Crippen LogP contribution is -2.03. The van der Waals surface area contributed by atoms with Crippen molar-refractivity contribution >= 4 is 11.5 Å². The summed E-state index contributed by atoms with van der Waals surface area (Å²) in [7, 11) is 0. The second-order valence-electron chi connectivity index (χ2n) is 3.37. The SMILES string of the molecule is N#Cc1nc(NCc2ccco2)ccc1[N+](=O)[O-]. The van der Waals surface area contributed by atoms with Crippen molar-refractivity contribution in [2.24, 2.45) is 0 Å². The van der Waals surface area contributed by atoms with Gasteiger partial charge in [0, 0.05) is 6.07 Å². The maximum absolute atomic E-state index is 10.6. The quantitative estimate of drug-likeness (QED) is 0.651. The van der Waals surface area contributed by atoms with Gasteiger partial charge in [-0.25, -0.2) is 4.98 Å². The number of furan rings is 1. The van der Waals surface area contributed by atoms with Crippen molar-refractivity contribution in [1.29, 1.82) is 5.26 Å². The molecule has 90 valence electrons. The van der Waals surface area contributed by atoms with Gasteiger partial charge in [0.05, 0.1) is 17.7 Å². The fourth-order valence-corrected chi connectivity index (χ4v) is 1.37. The van der Waals surface area contributed by atoms with E-state index >= 15 is 0 Å². The summed E-state index contributed by atoms with van der Waals surface area (Å²) >= 11 is 0. The van der Waals surface area contributed by atoms with Crippen LogP contribution in [0.2, 0.25) is 0 Å². The lowest BCUT2D eigenvalue weighted by Gasteiger charge is -2.03. The van der Waals surface area contributed by atoms with Gasteiger partial charge < -0.3 is 9.73 Å². The van der Waals surface area contributed by atoms with E-state index in [1.165, 1.54) is 12.1 Å². The molecule has 18 heavy (non-hydrogen) atoms. The monoisotopic (exact) mass is 244 g/mol. The van der Waals surface area contributed by atoms with E-state index in [4.69, 9.17) is 9.68 Å². The van der Waals surface area contributed by atoms with E-state index in [0.29, 0.717) is 18.1 Å². The minimum absolute atomic E-state index is 0.218. The van der Waals surface area contributed by atoms with E-state index < -0.39 is 4.92 Å². The molecule has 0 fully saturated rings. The van der Waals surface area contributed by atoms with Crippen LogP contribution in [0, 0.1) is 21.4 Å². The topological polar surface area (TPSA) is 105 Å². The molecule has 1 N–H and O–H groups in total. The third-order valence-electron chi connectivity index (χ3n) is 2.20. The second-order valence-corrected chi connectivity index (χ2v) is 3.37. The lowest BCUT2D eigenvalue weighted by atomic mass is 10.3. The molecule has 0 saturated carbocycles. The molecule has 0 aromatic carbocycles. The molecule has 0 spiro atoms. The molecule has 0 unspecified atom stereocenters. The zero-order valence-corrected chi connectivity index (χ0v) is 9.16. The van der Waals surface area contributed by atoms with E-state index in [0.717, 1.165) is 0 Å². The zero-order valence-electron chi connectivity index (χ0n) is 9.16. The van der Waals surface area contributed by atoms with Crippen LogP contribution in [0.25, 0.3) is 0 Å². The Morgan fingerprint density at radius 1 is 1.50 bits per heavy atom. The standard InChI is InChI=1S/C11H8N4O3/c12-6-9-10(15(16)17)3-4-11(14-9)13-7-8-2-1-5-18-8/h1-5H,7H2,(H,13,14). The predicted octanol–water partition coefficient (Wildman–Crippen LogP) is 2.07. The summed E-state index contributed by atoms with van der Waals surface area (Å²) in [5, 5.41) is 22.3. The van der Waals surface area contributed by atoms with Crippen LogP contribution in [-0.2, 0) is 6.54 Å². The Kier molecular flexibility index (Phi) is 3.20. The number of hydrogen-bond donors (Lipinski definition) is 1. The number of aromatic nitrogens is 1. The van der Waals surface area contributed by atoms with E-state index in [-0.39, 0.29) is 11.4 Å². The van der Waals surface area contributed by atoms with Gasteiger partial charge in [0.1, 0.15) is 17.6 Å². The highest BCUT2D eigenvalue weighted by Gasteiger charge is 2.15. The fraction of sp³-hybridized carbons (Fsp3) is 0.0909. The van der Waals surface area contributed by atoms with Gasteiger partial charge in [-0.2, -0.15) is 5.26 Å². The Bertz CT molecular complexity index is 601. The molecule has 0 radical (unpaired) electrons. The van der Waals surface area contributed by atoms with Gasteiger partial charge in [0.25, 0.3) is 0 Å². The summed E-state index contributed by atoms with van der Waals surface area (Å²) in [6, 6.07) is 7.92. The molecular formula is C11H8N4O3. The number of nitro groups is 1. The van der Waals surface area contributed by atoms with Crippen LogP contribution >= 0.6 is 0 Å². The van der Waals surface area contributed by atoms with E-state index in [9.17, 15) is 10.1 Å². The van der Waals surface area contributed by atoms with Gasteiger partial charge >= 0.3 is 5.69 Å². The van der Waals surface area contributed by atoms with Gasteiger partial charge in [-0.05, 0) is 18.2 Å². The molecule has 0 saturated heterocycles. The Labute approximate surface area is 102 Å². The van der Waals surface area contributed by atoms with Gasteiger partial charge in [0.2, 0.25) is 5.69 Å². The maximum atomic E-state index is 10.6. The second kappa shape index (κ2) is 4.97. The van der Waals surface area contributed by atoms with E-state index in [2.05, 4.69) is 10.3 Å². The minimum Gasteiger partial charge on any atom is -0.467 e. The number of hydrogen-bond acceptors (Lipinski definition) is 6. The number of pyridine rings is 1. The van der Waals surface area contributed by atoms with Crippen molar-refractivity contribution < 1.29 is 9.34 Å². The highest BCUT2D eigenvalue weighted by Crippen LogP contribution is 2.18. The summed E-state index contributed by atoms with van der Waals surface area (Å²) in [5.41, 5.74) is -0.523. The molecule has 7 nitrogen and oxygen atoms in total. The Hall–Kier alpha value is -2.88. The molecule has 2 heterocycles. The number of rotatable bonds is 4. The van der Waals surface area contributed by atoms with Crippen LogP contribution < -0.4 is 5.32 Å². The first kappa shape index (κ1) is 11.6. The third-order valence-corrected chi connectivity index (χ3v) is 2.20. The van der Waals surface area contributed by atoms with Crippen molar-refractivity contribution in [2.75, 3.05) is 5.32 Å². The lowest BCUT2D eigenvalue weighted by molar-refractivity contribution is -0.385. The molecule has 2 aromatic heterocycles. The number of nitrogens with zero attached hydrogens (tertiary/aromatic N) is 3. The summed E-state index contributed by atoms with van der Waals surface area (Å²) in [6.45, 7) is 0.392. The molecule has 0 atom stereocenters. The van der Waals surface area contributed by atoms with Crippen molar-refractivity contribution in [3.05, 3.63) is 52.1 Å². The number of anilines is 1. The van der Waals surface area contributed by atoms with E-state index in [1.54, 1.807) is 24.5 Å². The average molecular weight is 244 g/mol. The first-order chi connectivity index (χ1) is 8.70. The first-order valence-electron chi connectivity index (χ1n) is 5.02. The van der Waals surface area contributed by atoms with E-state index in [1.807, 2.05) is 0 Å². The highest BCUT2D eigenvalue weighted by molar-refractivity contribution is 5.50. The molecule has 7 heteroatoms. The van der Waals surface area contributed by atoms with Crippen LogP contribution in [0.1, 0.15) is 11.5 Å². The van der Waals surface area contributed by atoms with Crippen LogP contribution in [0.5, 0.6) is 0 Å². The first-order valence-corrected chi connectivity index (χ1v) is 5.02. The molecule has 0 bridgehead atoms.